The molecule has 1 heterocycles. The van der Waals surface area contributed by atoms with Crippen LogP contribution in [0.3, 0.4) is 0 Å². The number of nitrogens with one attached hydrogen (secondary N) is 1. The summed E-state index contributed by atoms with van der Waals surface area (Å²) in [5, 5.41) is 3.23. The molecule has 116 valence electrons. The minimum absolute atomic E-state index is 0.00803. The molecule has 0 aromatic rings. The van der Waals surface area contributed by atoms with Crippen molar-refractivity contribution in [3.63, 3.8) is 0 Å². The third kappa shape index (κ3) is 2.68. The molecule has 0 radical (unpaired) electrons. The second-order valence-electron chi connectivity index (χ2n) is 7.42. The van der Waals surface area contributed by atoms with Gasteiger partial charge >= 0.3 is 0 Å². The zero-order chi connectivity index (χ0) is 15.0. The molecule has 3 heteroatoms. The van der Waals surface area contributed by atoms with Gasteiger partial charge < -0.3 is 10.2 Å². The molecule has 0 spiro atoms. The fraction of sp³-hybridized carbons (Fsp3) is 0.722. The van der Waals surface area contributed by atoms with Gasteiger partial charge in [0.15, 0.2) is 0 Å². The van der Waals surface area contributed by atoms with E-state index in [0.29, 0.717) is 17.9 Å². The molecule has 3 atom stereocenters. The fourth-order valence-corrected chi connectivity index (χ4v) is 4.26. The highest BCUT2D eigenvalue weighted by Crippen LogP contribution is 2.39. The zero-order valence-corrected chi connectivity index (χ0v) is 13.6. The van der Waals surface area contributed by atoms with Crippen molar-refractivity contribution in [1.82, 2.24) is 10.2 Å². The molecular weight excluding hydrogens is 260 g/mol. The van der Waals surface area contributed by atoms with E-state index >= 15 is 0 Å². The van der Waals surface area contributed by atoms with Crippen LogP contribution < -0.4 is 5.32 Å². The van der Waals surface area contributed by atoms with Crippen LogP contribution in [0.1, 0.15) is 46.0 Å². The van der Waals surface area contributed by atoms with Crippen molar-refractivity contribution in [1.29, 1.82) is 0 Å². The van der Waals surface area contributed by atoms with E-state index in [0.717, 1.165) is 13.0 Å². The summed E-state index contributed by atoms with van der Waals surface area (Å²) in [6.45, 7) is 5.29. The predicted molar refractivity (Wildman–Crippen MR) is 85.9 cm³/mol. The maximum atomic E-state index is 12.9. The molecule has 1 amide bonds. The van der Waals surface area contributed by atoms with Crippen LogP contribution >= 0.6 is 0 Å². The highest BCUT2D eigenvalue weighted by Gasteiger charge is 2.41. The van der Waals surface area contributed by atoms with Crippen molar-refractivity contribution in [3.05, 3.63) is 23.8 Å². The molecule has 0 aromatic heterocycles. The lowest BCUT2D eigenvalue weighted by Gasteiger charge is -2.35. The van der Waals surface area contributed by atoms with E-state index in [1.165, 1.54) is 31.3 Å². The van der Waals surface area contributed by atoms with Gasteiger partial charge in [0.1, 0.15) is 0 Å². The Morgan fingerprint density at radius 2 is 2.10 bits per heavy atom. The first-order valence-corrected chi connectivity index (χ1v) is 8.39. The Labute approximate surface area is 128 Å². The van der Waals surface area contributed by atoms with Crippen molar-refractivity contribution < 1.29 is 4.79 Å². The Bertz CT molecular complexity index is 478. The minimum atomic E-state index is 0.00803. The van der Waals surface area contributed by atoms with Crippen LogP contribution in [0, 0.1) is 11.3 Å². The van der Waals surface area contributed by atoms with Crippen LogP contribution in [0.15, 0.2) is 23.8 Å². The number of likely N-dealkylation sites (N-methyl/N-ethyl adjacent to an activating group) is 1. The molecular formula is C18H28N2O. The van der Waals surface area contributed by atoms with Crippen LogP contribution in [0.2, 0.25) is 0 Å². The van der Waals surface area contributed by atoms with Gasteiger partial charge in [-0.15, -0.1) is 0 Å². The lowest BCUT2D eigenvalue weighted by Crippen LogP contribution is -2.49. The van der Waals surface area contributed by atoms with E-state index in [4.69, 9.17) is 0 Å². The van der Waals surface area contributed by atoms with Gasteiger partial charge in [0, 0.05) is 18.0 Å². The Morgan fingerprint density at radius 3 is 2.76 bits per heavy atom. The summed E-state index contributed by atoms with van der Waals surface area (Å²) in [7, 11) is 1.92. The topological polar surface area (TPSA) is 32.3 Å². The molecule has 0 bridgehead atoms. The molecule has 3 unspecified atom stereocenters. The fourth-order valence-electron chi connectivity index (χ4n) is 4.26. The van der Waals surface area contributed by atoms with E-state index in [-0.39, 0.29) is 11.5 Å². The van der Waals surface area contributed by atoms with Crippen LogP contribution in [0.4, 0.5) is 0 Å². The van der Waals surface area contributed by atoms with Crippen molar-refractivity contribution in [2.45, 2.75) is 58.0 Å². The standard InChI is InChI=1S/C18H28N2O/c1-18(2)11-5-7-14(18)12-20-16-8-4-6-13(16)9-10-15(19-3)17(20)21/h5,7,11,13,15-16,19H,4,6,8-10,12H2,1-3H3. The molecule has 3 rings (SSSR count). The molecule has 1 saturated carbocycles. The van der Waals surface area contributed by atoms with Crippen LogP contribution in [0.5, 0.6) is 0 Å². The molecule has 1 N–H and O–H groups in total. The van der Waals surface area contributed by atoms with E-state index in [2.05, 4.69) is 42.3 Å². The second kappa shape index (κ2) is 5.60. The molecule has 0 aromatic carbocycles. The summed E-state index contributed by atoms with van der Waals surface area (Å²) >= 11 is 0. The van der Waals surface area contributed by atoms with Gasteiger partial charge in [0.2, 0.25) is 5.91 Å². The Hall–Kier alpha value is -1.09. The van der Waals surface area contributed by atoms with Gasteiger partial charge in [-0.2, -0.15) is 0 Å². The SMILES string of the molecule is CNC1CCC2CCCC2N(CC2=CC=CC2(C)C)C1=O. The predicted octanol–water partition coefficient (Wildman–Crippen LogP) is 2.89. The van der Waals surface area contributed by atoms with Crippen molar-refractivity contribution in [3.8, 4) is 0 Å². The number of allylic oxidation sites excluding steroid dienone is 3. The molecule has 21 heavy (non-hydrogen) atoms. The first-order valence-electron chi connectivity index (χ1n) is 8.39. The third-order valence-corrected chi connectivity index (χ3v) is 5.75. The summed E-state index contributed by atoms with van der Waals surface area (Å²) in [6, 6.07) is 0.474. The summed E-state index contributed by atoms with van der Waals surface area (Å²) in [5.74, 6) is 1.03. The van der Waals surface area contributed by atoms with Crippen molar-refractivity contribution in [2.24, 2.45) is 11.3 Å². The number of hydrogen-bond acceptors (Lipinski definition) is 2. The summed E-state index contributed by atoms with van der Waals surface area (Å²) in [5.41, 5.74) is 1.47. The number of carbonyl (C=O) groups excluding carboxylic acids is 1. The van der Waals surface area contributed by atoms with Gasteiger partial charge in [0.05, 0.1) is 6.04 Å². The normalized spacial score (nSPS) is 34.8. The van der Waals surface area contributed by atoms with Gasteiger partial charge in [0.25, 0.3) is 0 Å². The van der Waals surface area contributed by atoms with Gasteiger partial charge in [-0.05, 0) is 44.2 Å². The third-order valence-electron chi connectivity index (χ3n) is 5.75. The average Bonchev–Trinajstić information content (AvgIpc) is 3.00. The maximum Gasteiger partial charge on any atom is 0.240 e. The highest BCUT2D eigenvalue weighted by molar-refractivity contribution is 5.83. The molecule has 3 aliphatic rings. The molecule has 1 aliphatic heterocycles. The average molecular weight is 288 g/mol. The zero-order valence-electron chi connectivity index (χ0n) is 13.6. The number of amides is 1. The number of nitrogens with zero attached hydrogens (tertiary/aromatic N) is 1. The smallest absolute Gasteiger partial charge is 0.240 e. The van der Waals surface area contributed by atoms with E-state index in [1.54, 1.807) is 0 Å². The van der Waals surface area contributed by atoms with E-state index < -0.39 is 0 Å². The van der Waals surface area contributed by atoms with Gasteiger partial charge in [-0.1, -0.05) is 38.5 Å². The first-order chi connectivity index (χ1) is 10.0. The van der Waals surface area contributed by atoms with Gasteiger partial charge in [-0.3, -0.25) is 4.79 Å². The summed E-state index contributed by atoms with van der Waals surface area (Å²) in [6.07, 6.45) is 12.5. The number of fused-ring (bicyclic) bond motifs is 1. The molecule has 2 aliphatic carbocycles. The lowest BCUT2D eigenvalue weighted by molar-refractivity contribution is -0.134. The van der Waals surface area contributed by atoms with Crippen LogP contribution in [0.25, 0.3) is 0 Å². The monoisotopic (exact) mass is 288 g/mol. The van der Waals surface area contributed by atoms with E-state index in [1.807, 2.05) is 7.05 Å². The van der Waals surface area contributed by atoms with E-state index in [9.17, 15) is 4.79 Å². The Morgan fingerprint density at radius 1 is 1.29 bits per heavy atom. The van der Waals surface area contributed by atoms with Crippen molar-refractivity contribution >= 4 is 5.91 Å². The maximum absolute atomic E-state index is 12.9. The number of hydrogen-bond donors (Lipinski definition) is 1. The van der Waals surface area contributed by atoms with Gasteiger partial charge in [-0.25, -0.2) is 0 Å². The Kier molecular flexibility index (Phi) is 3.96. The number of rotatable bonds is 3. The number of likely N-dealkylation sites (tertiary alicyclic amines) is 1. The lowest BCUT2D eigenvalue weighted by atomic mass is 9.86. The van der Waals surface area contributed by atoms with Crippen molar-refractivity contribution in [2.75, 3.05) is 13.6 Å². The molecule has 3 nitrogen and oxygen atoms in total. The van der Waals surface area contributed by atoms with Crippen LogP contribution in [-0.2, 0) is 4.79 Å². The summed E-state index contributed by atoms with van der Waals surface area (Å²) < 4.78 is 0. The summed E-state index contributed by atoms with van der Waals surface area (Å²) in [4.78, 5) is 15.1. The quantitative estimate of drug-likeness (QED) is 0.866. The Balaban J connectivity index is 1.83. The molecule has 1 saturated heterocycles. The first kappa shape index (κ1) is 14.8. The van der Waals surface area contributed by atoms with Crippen LogP contribution in [-0.4, -0.2) is 36.5 Å². The number of carbonyl (C=O) groups is 1. The largest absolute Gasteiger partial charge is 0.334 e. The minimum Gasteiger partial charge on any atom is -0.334 e. The highest BCUT2D eigenvalue weighted by atomic mass is 16.2. The molecule has 2 fully saturated rings. The second-order valence-corrected chi connectivity index (χ2v) is 7.42.